The first-order valence-corrected chi connectivity index (χ1v) is 7.42. The van der Waals surface area contributed by atoms with Gasteiger partial charge in [-0.05, 0) is 47.5 Å². The quantitative estimate of drug-likeness (QED) is 0.618. The van der Waals surface area contributed by atoms with Crippen LogP contribution in [0.1, 0.15) is 11.1 Å². The Morgan fingerprint density at radius 1 is 1.16 bits per heavy atom. The van der Waals surface area contributed by atoms with E-state index in [2.05, 4.69) is 6.07 Å². The fourth-order valence-electron chi connectivity index (χ4n) is 2.20. The van der Waals surface area contributed by atoms with Crippen molar-refractivity contribution in [1.29, 1.82) is 5.26 Å². The van der Waals surface area contributed by atoms with Gasteiger partial charge in [0.25, 0.3) is 5.91 Å². The van der Waals surface area contributed by atoms with Gasteiger partial charge in [-0.3, -0.25) is 4.79 Å². The minimum absolute atomic E-state index is 0.200. The average Bonchev–Trinajstić information content (AvgIpc) is 2.64. The van der Waals surface area contributed by atoms with Crippen LogP contribution < -0.4 is 19.9 Å². The Hall–Kier alpha value is -3.46. The van der Waals surface area contributed by atoms with E-state index in [1.54, 1.807) is 49.6 Å². The van der Waals surface area contributed by atoms with E-state index in [1.807, 2.05) is 6.07 Å². The maximum Gasteiger partial charge on any atom is 0.255 e. The highest BCUT2D eigenvalue weighted by Gasteiger charge is 2.08. The van der Waals surface area contributed by atoms with Gasteiger partial charge in [0, 0.05) is 0 Å². The lowest BCUT2D eigenvalue weighted by molar-refractivity contribution is -0.119. The smallest absolute Gasteiger partial charge is 0.255 e. The number of benzene rings is 2. The number of primary amides is 1. The highest BCUT2D eigenvalue weighted by Crippen LogP contribution is 2.31. The molecule has 0 saturated heterocycles. The Bertz CT molecular complexity index is 838. The standard InChI is InChI=1S/C19H18N2O4/c1-23-17-7-6-14(10-18(17)24-2)15(11-20)8-13-4-3-5-16(9-13)25-12-19(21)22/h3-10H,12H2,1-2H3,(H2,21,22)/b15-8+. The molecule has 0 atom stereocenters. The minimum atomic E-state index is -0.552. The van der Waals surface area contributed by atoms with Crippen LogP contribution in [0.15, 0.2) is 42.5 Å². The molecule has 0 aliphatic heterocycles. The molecule has 0 radical (unpaired) electrons. The van der Waals surface area contributed by atoms with Crippen LogP contribution in [-0.4, -0.2) is 26.7 Å². The molecule has 0 saturated carbocycles. The Morgan fingerprint density at radius 3 is 2.56 bits per heavy atom. The van der Waals surface area contributed by atoms with Crippen LogP contribution in [0.25, 0.3) is 11.6 Å². The van der Waals surface area contributed by atoms with Crippen LogP contribution in [0.3, 0.4) is 0 Å². The summed E-state index contributed by atoms with van der Waals surface area (Å²) in [6.07, 6.45) is 1.72. The number of allylic oxidation sites excluding steroid dienone is 1. The van der Waals surface area contributed by atoms with Crippen molar-refractivity contribution in [3.63, 3.8) is 0 Å². The van der Waals surface area contributed by atoms with Crippen molar-refractivity contribution in [1.82, 2.24) is 0 Å². The van der Waals surface area contributed by atoms with Gasteiger partial charge in [0.2, 0.25) is 0 Å². The van der Waals surface area contributed by atoms with Crippen LogP contribution in [0.5, 0.6) is 17.2 Å². The van der Waals surface area contributed by atoms with Crippen molar-refractivity contribution in [2.45, 2.75) is 0 Å². The van der Waals surface area contributed by atoms with Crippen LogP contribution in [0, 0.1) is 11.3 Å². The number of carbonyl (C=O) groups excluding carboxylic acids is 1. The number of nitrogens with two attached hydrogens (primary N) is 1. The van der Waals surface area contributed by atoms with E-state index in [1.165, 1.54) is 7.11 Å². The Kier molecular flexibility index (Phi) is 6.02. The van der Waals surface area contributed by atoms with Gasteiger partial charge in [-0.25, -0.2) is 0 Å². The van der Waals surface area contributed by atoms with Gasteiger partial charge < -0.3 is 19.9 Å². The Morgan fingerprint density at radius 2 is 1.92 bits per heavy atom. The minimum Gasteiger partial charge on any atom is -0.493 e. The van der Waals surface area contributed by atoms with Crippen LogP contribution in [0.4, 0.5) is 0 Å². The summed E-state index contributed by atoms with van der Waals surface area (Å²) in [7, 11) is 3.09. The van der Waals surface area contributed by atoms with E-state index in [0.717, 1.165) is 5.56 Å². The summed E-state index contributed by atoms with van der Waals surface area (Å²) in [6.45, 7) is -0.200. The zero-order valence-corrected chi connectivity index (χ0v) is 14.0. The van der Waals surface area contributed by atoms with Gasteiger partial charge in [-0.15, -0.1) is 0 Å². The molecule has 6 heteroatoms. The first kappa shape index (κ1) is 17.9. The number of hydrogen-bond donors (Lipinski definition) is 1. The molecular formula is C19H18N2O4. The monoisotopic (exact) mass is 338 g/mol. The number of nitriles is 1. The van der Waals surface area contributed by atoms with Gasteiger partial charge in [0.15, 0.2) is 18.1 Å². The van der Waals surface area contributed by atoms with E-state index in [-0.39, 0.29) is 6.61 Å². The second-order valence-electron chi connectivity index (χ2n) is 5.07. The van der Waals surface area contributed by atoms with E-state index >= 15 is 0 Å². The molecule has 0 spiro atoms. The normalized spacial score (nSPS) is 10.7. The molecule has 0 heterocycles. The number of carbonyl (C=O) groups is 1. The third kappa shape index (κ3) is 4.75. The molecule has 1 amide bonds. The fraction of sp³-hybridized carbons (Fsp3) is 0.158. The van der Waals surface area contributed by atoms with Crippen molar-refractivity contribution in [3.8, 4) is 23.3 Å². The lowest BCUT2D eigenvalue weighted by atomic mass is 10.0. The molecule has 0 aliphatic carbocycles. The SMILES string of the molecule is COc1ccc(/C(C#N)=C/c2cccc(OCC(N)=O)c2)cc1OC. The highest BCUT2D eigenvalue weighted by molar-refractivity contribution is 5.90. The van der Waals surface area contributed by atoms with E-state index in [0.29, 0.717) is 28.4 Å². The third-order valence-corrected chi connectivity index (χ3v) is 3.37. The first-order valence-electron chi connectivity index (χ1n) is 7.42. The molecule has 0 unspecified atom stereocenters. The zero-order chi connectivity index (χ0) is 18.2. The highest BCUT2D eigenvalue weighted by atomic mass is 16.5. The third-order valence-electron chi connectivity index (χ3n) is 3.37. The largest absolute Gasteiger partial charge is 0.493 e. The summed E-state index contributed by atoms with van der Waals surface area (Å²) in [5.74, 6) is 1.08. The van der Waals surface area contributed by atoms with Gasteiger partial charge in [-0.2, -0.15) is 5.26 Å². The van der Waals surface area contributed by atoms with Gasteiger partial charge in [0.1, 0.15) is 5.75 Å². The molecule has 0 aliphatic rings. The predicted molar refractivity (Wildman–Crippen MR) is 94.2 cm³/mol. The maximum absolute atomic E-state index is 10.8. The summed E-state index contributed by atoms with van der Waals surface area (Å²) in [5.41, 5.74) is 6.97. The topological polar surface area (TPSA) is 94.6 Å². The number of rotatable bonds is 7. The summed E-state index contributed by atoms with van der Waals surface area (Å²) in [6, 6.07) is 14.5. The summed E-state index contributed by atoms with van der Waals surface area (Å²) in [5, 5.41) is 9.49. The second kappa shape index (κ2) is 8.41. The molecule has 0 fully saturated rings. The van der Waals surface area contributed by atoms with Gasteiger partial charge in [0.05, 0.1) is 25.9 Å². The molecule has 2 N–H and O–H groups in total. The molecule has 2 rings (SSSR count). The van der Waals surface area contributed by atoms with Crippen molar-refractivity contribution >= 4 is 17.6 Å². The van der Waals surface area contributed by atoms with Gasteiger partial charge >= 0.3 is 0 Å². The number of methoxy groups -OCH3 is 2. The molecule has 0 bridgehead atoms. The molecule has 2 aromatic rings. The van der Waals surface area contributed by atoms with Gasteiger partial charge in [-0.1, -0.05) is 12.1 Å². The summed E-state index contributed by atoms with van der Waals surface area (Å²) < 4.78 is 15.7. The molecular weight excluding hydrogens is 320 g/mol. The van der Waals surface area contributed by atoms with Crippen molar-refractivity contribution < 1.29 is 19.0 Å². The van der Waals surface area contributed by atoms with Crippen LogP contribution in [-0.2, 0) is 4.79 Å². The molecule has 128 valence electrons. The molecule has 6 nitrogen and oxygen atoms in total. The van der Waals surface area contributed by atoms with Crippen LogP contribution in [0.2, 0.25) is 0 Å². The second-order valence-corrected chi connectivity index (χ2v) is 5.07. The lowest BCUT2D eigenvalue weighted by Gasteiger charge is -2.09. The molecule has 0 aromatic heterocycles. The van der Waals surface area contributed by atoms with E-state index in [4.69, 9.17) is 19.9 Å². The maximum atomic E-state index is 10.8. The first-order chi connectivity index (χ1) is 12.1. The van der Waals surface area contributed by atoms with Crippen molar-refractivity contribution in [2.24, 2.45) is 5.73 Å². The van der Waals surface area contributed by atoms with E-state index in [9.17, 15) is 10.1 Å². The van der Waals surface area contributed by atoms with Crippen LogP contribution >= 0.6 is 0 Å². The molecule has 2 aromatic carbocycles. The summed E-state index contributed by atoms with van der Waals surface area (Å²) in [4.78, 5) is 10.8. The molecule has 25 heavy (non-hydrogen) atoms. The fourth-order valence-corrected chi connectivity index (χ4v) is 2.20. The predicted octanol–water partition coefficient (Wildman–Crippen LogP) is 2.63. The van der Waals surface area contributed by atoms with Crippen molar-refractivity contribution in [3.05, 3.63) is 53.6 Å². The Balaban J connectivity index is 2.33. The Labute approximate surface area is 146 Å². The number of nitrogens with zero attached hydrogens (tertiary/aromatic N) is 1. The average molecular weight is 338 g/mol. The summed E-state index contributed by atoms with van der Waals surface area (Å²) >= 11 is 0. The number of amides is 1. The number of ether oxygens (including phenoxy) is 3. The van der Waals surface area contributed by atoms with E-state index < -0.39 is 5.91 Å². The number of hydrogen-bond acceptors (Lipinski definition) is 5. The zero-order valence-electron chi connectivity index (χ0n) is 14.0. The lowest BCUT2D eigenvalue weighted by Crippen LogP contribution is -2.19. The van der Waals surface area contributed by atoms with Crippen molar-refractivity contribution in [2.75, 3.05) is 20.8 Å².